The Morgan fingerprint density at radius 3 is 2.79 bits per heavy atom. The van der Waals surface area contributed by atoms with E-state index in [0.29, 0.717) is 18.5 Å². The quantitative estimate of drug-likeness (QED) is 0.663. The third kappa shape index (κ3) is 3.01. The van der Waals surface area contributed by atoms with Crippen molar-refractivity contribution >= 4 is 11.5 Å². The molecule has 0 amide bonds. The van der Waals surface area contributed by atoms with Crippen molar-refractivity contribution in [3.63, 3.8) is 0 Å². The zero-order valence-corrected chi connectivity index (χ0v) is 11.2. The number of hydrogen-bond donors (Lipinski definition) is 1. The molecular formula is C13H20N4O2. The molecule has 6 nitrogen and oxygen atoms in total. The van der Waals surface area contributed by atoms with Crippen LogP contribution in [0.4, 0.5) is 11.5 Å². The first-order valence-corrected chi connectivity index (χ1v) is 6.67. The van der Waals surface area contributed by atoms with Crippen LogP contribution in [-0.4, -0.2) is 29.5 Å². The second-order valence-corrected chi connectivity index (χ2v) is 5.09. The van der Waals surface area contributed by atoms with Gasteiger partial charge in [0.2, 0.25) is 0 Å². The van der Waals surface area contributed by atoms with E-state index >= 15 is 0 Å². The first-order valence-electron chi connectivity index (χ1n) is 6.67. The van der Waals surface area contributed by atoms with Crippen LogP contribution in [-0.2, 0) is 0 Å². The fourth-order valence-corrected chi connectivity index (χ4v) is 2.86. The molecule has 6 heteroatoms. The minimum Gasteiger partial charge on any atom is -0.368 e. The standard InChI is InChI=1S/C13H20N4O2/c1-16(12-5-3-2-4-10(12)8-14)11-6-7-13(15-9-11)17(18)19/h6-7,9-10,12H,2-5,8,14H2,1H3. The molecule has 0 aliphatic heterocycles. The molecule has 1 aromatic rings. The van der Waals surface area contributed by atoms with Crippen LogP contribution in [0.25, 0.3) is 0 Å². The van der Waals surface area contributed by atoms with Crippen molar-refractivity contribution in [1.29, 1.82) is 0 Å². The normalized spacial score (nSPS) is 23.1. The number of pyridine rings is 1. The molecule has 0 radical (unpaired) electrons. The van der Waals surface area contributed by atoms with Crippen molar-refractivity contribution in [2.75, 3.05) is 18.5 Å². The van der Waals surface area contributed by atoms with Crippen molar-refractivity contribution in [3.05, 3.63) is 28.4 Å². The number of nitrogens with two attached hydrogens (primary N) is 1. The molecule has 1 heterocycles. The first kappa shape index (κ1) is 13.7. The highest BCUT2D eigenvalue weighted by atomic mass is 16.6. The summed E-state index contributed by atoms with van der Waals surface area (Å²) >= 11 is 0. The molecular weight excluding hydrogens is 244 g/mol. The lowest BCUT2D eigenvalue weighted by molar-refractivity contribution is -0.389. The van der Waals surface area contributed by atoms with E-state index in [4.69, 9.17) is 5.73 Å². The van der Waals surface area contributed by atoms with Crippen molar-refractivity contribution in [2.45, 2.75) is 31.7 Å². The summed E-state index contributed by atoms with van der Waals surface area (Å²) in [7, 11) is 2.02. The zero-order chi connectivity index (χ0) is 13.8. The van der Waals surface area contributed by atoms with Crippen LogP contribution in [0.2, 0.25) is 0 Å². The van der Waals surface area contributed by atoms with Crippen LogP contribution in [0.15, 0.2) is 18.3 Å². The Balaban J connectivity index is 2.13. The molecule has 0 spiro atoms. The third-order valence-electron chi connectivity index (χ3n) is 4.00. The molecule has 1 aromatic heterocycles. The minimum absolute atomic E-state index is 0.115. The number of anilines is 1. The van der Waals surface area contributed by atoms with Gasteiger partial charge >= 0.3 is 5.82 Å². The third-order valence-corrected chi connectivity index (χ3v) is 4.00. The molecule has 1 saturated carbocycles. The van der Waals surface area contributed by atoms with Crippen LogP contribution in [0, 0.1) is 16.0 Å². The van der Waals surface area contributed by atoms with E-state index in [-0.39, 0.29) is 5.82 Å². The molecule has 0 aromatic carbocycles. The molecule has 2 atom stereocenters. The van der Waals surface area contributed by atoms with Gasteiger partial charge in [-0.15, -0.1) is 0 Å². The summed E-state index contributed by atoms with van der Waals surface area (Å²) in [6.45, 7) is 0.690. The lowest BCUT2D eigenvalue weighted by Gasteiger charge is -2.38. The Hall–Kier alpha value is -1.69. The Kier molecular flexibility index (Phi) is 4.31. The van der Waals surface area contributed by atoms with Crippen LogP contribution < -0.4 is 10.6 Å². The Labute approximate surface area is 112 Å². The molecule has 2 N–H and O–H groups in total. The predicted octanol–water partition coefficient (Wildman–Crippen LogP) is 1.94. The highest BCUT2D eigenvalue weighted by Crippen LogP contribution is 2.30. The Bertz CT molecular complexity index is 435. The van der Waals surface area contributed by atoms with Crippen LogP contribution >= 0.6 is 0 Å². The van der Waals surface area contributed by atoms with E-state index in [1.165, 1.54) is 18.9 Å². The number of rotatable bonds is 4. The maximum Gasteiger partial charge on any atom is 0.363 e. The maximum absolute atomic E-state index is 10.6. The molecule has 0 saturated heterocycles. The van der Waals surface area contributed by atoms with Gasteiger partial charge in [0.05, 0.1) is 5.69 Å². The molecule has 19 heavy (non-hydrogen) atoms. The van der Waals surface area contributed by atoms with E-state index in [9.17, 15) is 10.1 Å². The van der Waals surface area contributed by atoms with Gasteiger partial charge in [-0.3, -0.25) is 0 Å². The van der Waals surface area contributed by atoms with Crippen LogP contribution in [0.5, 0.6) is 0 Å². The first-order chi connectivity index (χ1) is 9.13. The maximum atomic E-state index is 10.6. The second-order valence-electron chi connectivity index (χ2n) is 5.09. The molecule has 1 fully saturated rings. The van der Waals surface area contributed by atoms with E-state index in [2.05, 4.69) is 9.88 Å². The smallest absolute Gasteiger partial charge is 0.363 e. The fraction of sp³-hybridized carbons (Fsp3) is 0.615. The van der Waals surface area contributed by atoms with Gasteiger partial charge < -0.3 is 20.7 Å². The minimum atomic E-state index is -0.479. The number of nitro groups is 1. The summed E-state index contributed by atoms with van der Waals surface area (Å²) in [6, 6.07) is 3.61. The molecule has 0 bridgehead atoms. The number of nitrogens with zero attached hydrogens (tertiary/aromatic N) is 3. The van der Waals surface area contributed by atoms with Crippen molar-refractivity contribution in [2.24, 2.45) is 11.7 Å². The largest absolute Gasteiger partial charge is 0.368 e. The zero-order valence-electron chi connectivity index (χ0n) is 11.2. The number of hydrogen-bond acceptors (Lipinski definition) is 5. The van der Waals surface area contributed by atoms with Crippen molar-refractivity contribution in [3.8, 4) is 0 Å². The van der Waals surface area contributed by atoms with E-state index in [1.807, 2.05) is 7.05 Å². The highest BCUT2D eigenvalue weighted by molar-refractivity contribution is 5.47. The predicted molar refractivity (Wildman–Crippen MR) is 74.1 cm³/mol. The van der Waals surface area contributed by atoms with Gasteiger partial charge in [0.15, 0.2) is 6.20 Å². The molecule has 1 aliphatic carbocycles. The van der Waals surface area contributed by atoms with Gasteiger partial charge in [0, 0.05) is 19.2 Å². The lowest BCUT2D eigenvalue weighted by atomic mass is 9.83. The summed E-state index contributed by atoms with van der Waals surface area (Å²) in [4.78, 5) is 16.1. The van der Waals surface area contributed by atoms with E-state index in [0.717, 1.165) is 18.5 Å². The summed E-state index contributed by atoms with van der Waals surface area (Å²) < 4.78 is 0. The fourth-order valence-electron chi connectivity index (χ4n) is 2.86. The summed E-state index contributed by atoms with van der Waals surface area (Å²) in [5.74, 6) is 0.380. The van der Waals surface area contributed by atoms with Crippen LogP contribution in [0.3, 0.4) is 0 Å². The topological polar surface area (TPSA) is 85.3 Å². The molecule has 104 valence electrons. The molecule has 2 unspecified atom stereocenters. The van der Waals surface area contributed by atoms with Crippen LogP contribution in [0.1, 0.15) is 25.7 Å². The summed E-state index contributed by atoms with van der Waals surface area (Å²) in [5.41, 5.74) is 6.75. The Morgan fingerprint density at radius 2 is 2.21 bits per heavy atom. The van der Waals surface area contributed by atoms with E-state index in [1.54, 1.807) is 12.3 Å². The van der Waals surface area contributed by atoms with Gasteiger partial charge in [-0.05, 0) is 41.3 Å². The average Bonchev–Trinajstić information content (AvgIpc) is 2.46. The van der Waals surface area contributed by atoms with Gasteiger partial charge in [-0.1, -0.05) is 12.8 Å². The van der Waals surface area contributed by atoms with Gasteiger partial charge in [-0.25, -0.2) is 0 Å². The Morgan fingerprint density at radius 1 is 1.47 bits per heavy atom. The van der Waals surface area contributed by atoms with Crippen molar-refractivity contribution < 1.29 is 4.92 Å². The molecule has 2 rings (SSSR count). The molecule has 1 aliphatic rings. The average molecular weight is 264 g/mol. The van der Waals surface area contributed by atoms with Gasteiger partial charge in [0.25, 0.3) is 0 Å². The number of aromatic nitrogens is 1. The van der Waals surface area contributed by atoms with Crippen molar-refractivity contribution in [1.82, 2.24) is 4.98 Å². The summed E-state index contributed by atoms with van der Waals surface area (Å²) in [5, 5.41) is 10.6. The monoisotopic (exact) mass is 264 g/mol. The van der Waals surface area contributed by atoms with Gasteiger partial charge in [-0.2, -0.15) is 0 Å². The summed E-state index contributed by atoms with van der Waals surface area (Å²) in [6.07, 6.45) is 6.30. The second kappa shape index (κ2) is 5.97. The SMILES string of the molecule is CN(c1ccc([N+](=O)[O-])nc1)C1CCCCC1CN. The van der Waals surface area contributed by atoms with Gasteiger partial charge in [0.1, 0.15) is 0 Å². The lowest BCUT2D eigenvalue weighted by Crippen LogP contribution is -2.43. The highest BCUT2D eigenvalue weighted by Gasteiger charge is 2.28. The van der Waals surface area contributed by atoms with E-state index < -0.39 is 4.92 Å².